The molecule has 8 heteroatoms. The van der Waals surface area contributed by atoms with Crippen molar-refractivity contribution in [3.05, 3.63) is 65.4 Å². The molecule has 1 saturated heterocycles. The Morgan fingerprint density at radius 1 is 1.14 bits per heavy atom. The van der Waals surface area contributed by atoms with Crippen molar-refractivity contribution in [2.75, 3.05) is 13.7 Å². The number of carbonyl (C=O) groups is 3. The normalized spacial score (nSPS) is 20.7. The van der Waals surface area contributed by atoms with Gasteiger partial charge < -0.3 is 19.4 Å². The zero-order valence-corrected chi connectivity index (χ0v) is 15.5. The number of nitrogens with one attached hydrogen (secondary N) is 2. The Labute approximate surface area is 165 Å². The number of carbonyl (C=O) groups excluding carboxylic acids is 3. The second kappa shape index (κ2) is 6.10. The summed E-state index contributed by atoms with van der Waals surface area (Å²) in [6.45, 7) is 0.267. The summed E-state index contributed by atoms with van der Waals surface area (Å²) in [5, 5.41) is 5.75. The molecule has 29 heavy (non-hydrogen) atoms. The number of benzene rings is 2. The summed E-state index contributed by atoms with van der Waals surface area (Å²) < 4.78 is 11.1. The third-order valence-corrected chi connectivity index (χ3v) is 5.41. The molecule has 5 rings (SSSR count). The van der Waals surface area contributed by atoms with Crippen LogP contribution in [0.15, 0.2) is 52.9 Å². The Morgan fingerprint density at radius 3 is 2.69 bits per heavy atom. The summed E-state index contributed by atoms with van der Waals surface area (Å²) in [4.78, 5) is 39.4. The van der Waals surface area contributed by atoms with Crippen molar-refractivity contribution in [1.29, 1.82) is 0 Å². The maximum atomic E-state index is 13.0. The number of rotatable bonds is 4. The van der Waals surface area contributed by atoms with Gasteiger partial charge in [-0.1, -0.05) is 24.3 Å². The molecule has 0 saturated carbocycles. The molecular formula is C21H17N3O5. The number of furan rings is 1. The lowest BCUT2D eigenvalue weighted by molar-refractivity contribution is -0.125. The van der Waals surface area contributed by atoms with Crippen LogP contribution in [0.2, 0.25) is 0 Å². The lowest BCUT2D eigenvalue weighted by Crippen LogP contribution is -2.52. The third kappa shape index (κ3) is 2.56. The average molecular weight is 391 g/mol. The van der Waals surface area contributed by atoms with E-state index in [0.29, 0.717) is 23.4 Å². The molecular weight excluding hydrogens is 374 g/mol. The summed E-state index contributed by atoms with van der Waals surface area (Å²) in [6, 6.07) is 13.7. The van der Waals surface area contributed by atoms with E-state index in [-0.39, 0.29) is 18.2 Å². The molecule has 146 valence electrons. The monoisotopic (exact) mass is 391 g/mol. The van der Waals surface area contributed by atoms with Crippen LogP contribution in [0.25, 0.3) is 11.0 Å². The number of fused-ring (bicyclic) bond motifs is 2. The van der Waals surface area contributed by atoms with Crippen molar-refractivity contribution >= 4 is 28.8 Å². The lowest BCUT2D eigenvalue weighted by Gasteiger charge is -2.29. The quantitative estimate of drug-likeness (QED) is 0.664. The maximum Gasteiger partial charge on any atom is 0.322 e. The van der Waals surface area contributed by atoms with Gasteiger partial charge in [0.1, 0.15) is 17.1 Å². The molecule has 3 aromatic rings. The van der Waals surface area contributed by atoms with E-state index in [1.807, 2.05) is 24.3 Å². The molecule has 2 aliphatic heterocycles. The van der Waals surface area contributed by atoms with Gasteiger partial charge in [-0.3, -0.25) is 14.9 Å². The van der Waals surface area contributed by atoms with Crippen LogP contribution in [-0.2, 0) is 16.9 Å². The fourth-order valence-electron chi connectivity index (χ4n) is 3.93. The highest BCUT2D eigenvalue weighted by atomic mass is 16.5. The lowest BCUT2D eigenvalue weighted by atomic mass is 9.95. The fourth-order valence-corrected chi connectivity index (χ4v) is 3.93. The Hall–Kier alpha value is -3.81. The van der Waals surface area contributed by atoms with Gasteiger partial charge in [-0.25, -0.2) is 4.79 Å². The Balaban J connectivity index is 1.54. The number of hydrogen-bond donors (Lipinski definition) is 2. The first-order valence-corrected chi connectivity index (χ1v) is 9.09. The van der Waals surface area contributed by atoms with Gasteiger partial charge in [-0.05, 0) is 29.8 Å². The van der Waals surface area contributed by atoms with Crippen molar-refractivity contribution in [3.8, 4) is 5.75 Å². The van der Waals surface area contributed by atoms with E-state index in [4.69, 9.17) is 9.15 Å². The second-order valence-corrected chi connectivity index (χ2v) is 7.15. The summed E-state index contributed by atoms with van der Waals surface area (Å²) in [6.07, 6.45) is 0. The first-order chi connectivity index (χ1) is 14.0. The van der Waals surface area contributed by atoms with Gasteiger partial charge in [0.05, 0.1) is 13.7 Å². The van der Waals surface area contributed by atoms with E-state index in [1.165, 1.54) is 12.0 Å². The number of urea groups is 1. The molecule has 1 atom stereocenters. The molecule has 0 bridgehead atoms. The molecule has 3 heterocycles. The van der Waals surface area contributed by atoms with E-state index < -0.39 is 17.5 Å². The van der Waals surface area contributed by atoms with Crippen LogP contribution in [0.3, 0.4) is 0 Å². The number of methoxy groups -OCH3 is 1. The molecule has 2 aliphatic rings. The summed E-state index contributed by atoms with van der Waals surface area (Å²) in [5.41, 5.74) is 0.448. The number of hydrogen-bond acceptors (Lipinski definition) is 5. The Bertz CT molecular complexity index is 1150. The highest BCUT2D eigenvalue weighted by Crippen LogP contribution is 2.34. The number of amides is 4. The predicted molar refractivity (Wildman–Crippen MR) is 102 cm³/mol. The second-order valence-electron chi connectivity index (χ2n) is 7.15. The van der Waals surface area contributed by atoms with E-state index in [0.717, 1.165) is 10.9 Å². The van der Waals surface area contributed by atoms with Gasteiger partial charge in [0.2, 0.25) is 0 Å². The molecule has 4 amide bonds. The van der Waals surface area contributed by atoms with Gasteiger partial charge in [-0.2, -0.15) is 0 Å². The van der Waals surface area contributed by atoms with Crippen molar-refractivity contribution in [3.63, 3.8) is 0 Å². The maximum absolute atomic E-state index is 13.0. The number of para-hydroxylation sites is 1. The van der Waals surface area contributed by atoms with E-state index >= 15 is 0 Å². The largest absolute Gasteiger partial charge is 0.497 e. The summed E-state index contributed by atoms with van der Waals surface area (Å²) in [7, 11) is 1.54. The summed E-state index contributed by atoms with van der Waals surface area (Å²) in [5.74, 6) is 0.0764. The van der Waals surface area contributed by atoms with Crippen molar-refractivity contribution in [1.82, 2.24) is 15.5 Å². The van der Waals surface area contributed by atoms with Crippen LogP contribution >= 0.6 is 0 Å². The first kappa shape index (κ1) is 17.3. The van der Waals surface area contributed by atoms with Crippen LogP contribution < -0.4 is 15.4 Å². The highest BCUT2D eigenvalue weighted by Gasteiger charge is 2.52. The zero-order chi connectivity index (χ0) is 20.2. The standard InChI is InChI=1S/C21H17N3O5/c1-28-14-7-6-13-10-24(18(25)15(13)9-14)11-21(19(26)22-20(27)23-21)17-8-12-4-2-3-5-16(12)29-17/h2-9H,10-11H2,1H3,(H2,22,23,26,27). The number of imide groups is 1. The van der Waals surface area contributed by atoms with Gasteiger partial charge >= 0.3 is 6.03 Å². The fraction of sp³-hybridized carbons (Fsp3) is 0.190. The van der Waals surface area contributed by atoms with E-state index in [2.05, 4.69) is 10.6 Å². The smallest absolute Gasteiger partial charge is 0.322 e. The minimum absolute atomic E-state index is 0.0553. The molecule has 1 fully saturated rings. The minimum Gasteiger partial charge on any atom is -0.497 e. The zero-order valence-electron chi connectivity index (χ0n) is 15.5. The van der Waals surface area contributed by atoms with E-state index in [9.17, 15) is 14.4 Å². The first-order valence-electron chi connectivity index (χ1n) is 9.09. The van der Waals surface area contributed by atoms with E-state index in [1.54, 1.807) is 24.3 Å². The van der Waals surface area contributed by atoms with Gasteiger partial charge in [0.15, 0.2) is 5.54 Å². The number of ether oxygens (including phenoxy) is 1. The van der Waals surface area contributed by atoms with Crippen LogP contribution in [0.1, 0.15) is 21.7 Å². The van der Waals surface area contributed by atoms with Crippen molar-refractivity contribution in [2.45, 2.75) is 12.1 Å². The molecule has 0 aliphatic carbocycles. The molecule has 2 aromatic carbocycles. The highest BCUT2D eigenvalue weighted by molar-refractivity contribution is 6.08. The van der Waals surface area contributed by atoms with Gasteiger partial charge in [0.25, 0.3) is 11.8 Å². The van der Waals surface area contributed by atoms with Gasteiger partial charge in [0, 0.05) is 17.5 Å². The minimum atomic E-state index is -1.50. The van der Waals surface area contributed by atoms with Gasteiger partial charge in [-0.15, -0.1) is 0 Å². The Kier molecular flexibility index (Phi) is 3.64. The molecule has 1 aromatic heterocycles. The molecule has 8 nitrogen and oxygen atoms in total. The molecule has 1 unspecified atom stereocenters. The molecule has 2 N–H and O–H groups in total. The summed E-state index contributed by atoms with van der Waals surface area (Å²) >= 11 is 0. The van der Waals surface area contributed by atoms with Crippen LogP contribution in [0, 0.1) is 0 Å². The molecule has 0 radical (unpaired) electrons. The molecule has 0 spiro atoms. The SMILES string of the molecule is COc1ccc2c(c1)C(=O)N(CC1(c3cc4ccccc4o3)NC(=O)NC1=O)C2. The van der Waals surface area contributed by atoms with Crippen molar-refractivity contribution in [2.24, 2.45) is 0 Å². The van der Waals surface area contributed by atoms with Crippen molar-refractivity contribution < 1.29 is 23.5 Å². The number of nitrogens with zero attached hydrogens (tertiary/aromatic N) is 1. The average Bonchev–Trinajstić information content (AvgIpc) is 3.36. The third-order valence-electron chi connectivity index (χ3n) is 5.41. The Morgan fingerprint density at radius 2 is 1.97 bits per heavy atom. The predicted octanol–water partition coefficient (Wildman–Crippen LogP) is 2.13. The van der Waals surface area contributed by atoms with Crippen LogP contribution in [0.4, 0.5) is 4.79 Å². The topological polar surface area (TPSA) is 101 Å². The van der Waals surface area contributed by atoms with Crippen LogP contribution in [0.5, 0.6) is 5.75 Å². The van der Waals surface area contributed by atoms with Crippen LogP contribution in [-0.4, -0.2) is 36.4 Å².